The van der Waals surface area contributed by atoms with E-state index < -0.39 is 40.2 Å². The van der Waals surface area contributed by atoms with Gasteiger partial charge in [-0.3, -0.25) is 29.1 Å². The van der Waals surface area contributed by atoms with Crippen molar-refractivity contribution >= 4 is 23.2 Å². The zero-order valence-corrected chi connectivity index (χ0v) is 20.6. The number of nitrogens with one attached hydrogen (secondary N) is 1. The Morgan fingerprint density at radius 1 is 1.11 bits per heavy atom. The van der Waals surface area contributed by atoms with Crippen molar-refractivity contribution in [3.8, 4) is 5.75 Å². The quantitative estimate of drug-likeness (QED) is 0.376. The first-order chi connectivity index (χ1) is 18.3. The summed E-state index contributed by atoms with van der Waals surface area (Å²) >= 11 is 1.47. The highest BCUT2D eigenvalue weighted by molar-refractivity contribution is 7.09. The predicted molar refractivity (Wildman–Crippen MR) is 135 cm³/mol. The Bertz CT molecular complexity index is 1560. The van der Waals surface area contributed by atoms with Crippen molar-refractivity contribution in [2.45, 2.75) is 19.6 Å². The second-order valence-corrected chi connectivity index (χ2v) is 9.57. The van der Waals surface area contributed by atoms with Gasteiger partial charge in [-0.25, -0.2) is 8.78 Å². The lowest BCUT2D eigenvalue weighted by molar-refractivity contribution is 0.0670. The Hall–Kier alpha value is -4.58. The maximum atomic E-state index is 14.0. The van der Waals surface area contributed by atoms with Crippen LogP contribution in [0.15, 0.2) is 71.1 Å². The molecule has 2 amide bonds. The number of aromatic hydroxyl groups is 1. The summed E-state index contributed by atoms with van der Waals surface area (Å²) < 4.78 is 28.5. The van der Waals surface area contributed by atoms with Gasteiger partial charge in [-0.15, -0.1) is 11.3 Å². The molecule has 0 unspecified atom stereocenters. The van der Waals surface area contributed by atoms with Crippen molar-refractivity contribution in [1.82, 2.24) is 19.9 Å². The molecule has 0 spiro atoms. The molecule has 0 fully saturated rings. The summed E-state index contributed by atoms with van der Waals surface area (Å²) in [6, 6.07) is 12.0. The summed E-state index contributed by atoms with van der Waals surface area (Å²) in [7, 11) is 0. The number of fused-ring (bicyclic) bond motifs is 1. The van der Waals surface area contributed by atoms with Gasteiger partial charge < -0.3 is 15.3 Å². The van der Waals surface area contributed by atoms with Crippen molar-refractivity contribution in [2.24, 2.45) is 0 Å². The smallest absolute Gasteiger partial charge is 0.278 e. The SMILES string of the molecule is O=C(NCc1ccc(F)cc1F)c1cn2c(c(O)c1=O)C(=O)N(Cc1cccs1)CN2Cc1ccccn1. The average molecular weight is 538 g/mol. The van der Waals surface area contributed by atoms with Gasteiger partial charge in [0.2, 0.25) is 5.43 Å². The molecule has 194 valence electrons. The Balaban J connectivity index is 1.50. The number of carbonyl (C=O) groups excluding carboxylic acids is 2. The van der Waals surface area contributed by atoms with Gasteiger partial charge in [0.25, 0.3) is 11.8 Å². The van der Waals surface area contributed by atoms with E-state index >= 15 is 0 Å². The third kappa shape index (κ3) is 4.98. The van der Waals surface area contributed by atoms with Gasteiger partial charge in [0.15, 0.2) is 11.4 Å². The summed E-state index contributed by atoms with van der Waals surface area (Å²) in [6.45, 7) is 0.225. The molecule has 0 atom stereocenters. The zero-order chi connectivity index (χ0) is 26.8. The van der Waals surface area contributed by atoms with E-state index in [1.54, 1.807) is 29.4 Å². The molecule has 0 saturated heterocycles. The molecule has 3 aromatic heterocycles. The molecule has 4 heterocycles. The molecule has 1 aliphatic rings. The number of amides is 2. The third-order valence-electron chi connectivity index (χ3n) is 5.99. The van der Waals surface area contributed by atoms with Crippen LogP contribution in [0.4, 0.5) is 8.78 Å². The molecule has 0 radical (unpaired) electrons. The Labute approximate surface area is 219 Å². The van der Waals surface area contributed by atoms with E-state index in [-0.39, 0.29) is 37.6 Å². The van der Waals surface area contributed by atoms with Crippen LogP contribution >= 0.6 is 11.3 Å². The highest BCUT2D eigenvalue weighted by Crippen LogP contribution is 2.24. The van der Waals surface area contributed by atoms with E-state index in [0.717, 1.165) is 10.9 Å². The Morgan fingerprint density at radius 2 is 1.95 bits per heavy atom. The van der Waals surface area contributed by atoms with Crippen molar-refractivity contribution in [1.29, 1.82) is 0 Å². The zero-order valence-electron chi connectivity index (χ0n) is 19.8. The summed E-state index contributed by atoms with van der Waals surface area (Å²) in [5.41, 5.74) is -1.11. The van der Waals surface area contributed by atoms with E-state index in [1.807, 2.05) is 17.5 Å². The number of aromatic nitrogens is 2. The molecule has 5 rings (SSSR count). The molecule has 0 bridgehead atoms. The molecule has 1 aromatic carbocycles. The lowest BCUT2D eigenvalue weighted by Crippen LogP contribution is -2.53. The van der Waals surface area contributed by atoms with E-state index in [9.17, 15) is 28.3 Å². The summed E-state index contributed by atoms with van der Waals surface area (Å²) in [4.78, 5) is 46.0. The van der Waals surface area contributed by atoms with Gasteiger partial charge >= 0.3 is 0 Å². The summed E-state index contributed by atoms with van der Waals surface area (Å²) in [5, 5.41) is 16.8. The first-order valence-electron chi connectivity index (χ1n) is 11.5. The fourth-order valence-electron chi connectivity index (χ4n) is 4.11. The molecule has 2 N–H and O–H groups in total. The van der Waals surface area contributed by atoms with Crippen molar-refractivity contribution in [3.05, 3.63) is 116 Å². The van der Waals surface area contributed by atoms with E-state index in [0.29, 0.717) is 11.8 Å². The molecular formula is C26H21F2N5O4S. The highest BCUT2D eigenvalue weighted by Gasteiger charge is 2.34. The fourth-order valence-corrected chi connectivity index (χ4v) is 4.82. The minimum Gasteiger partial charge on any atom is -0.502 e. The van der Waals surface area contributed by atoms with Gasteiger partial charge in [-0.05, 0) is 29.6 Å². The number of benzene rings is 1. The van der Waals surface area contributed by atoms with Crippen LogP contribution in [0.1, 0.15) is 37.0 Å². The number of carbonyl (C=O) groups is 2. The molecule has 0 aliphatic carbocycles. The van der Waals surface area contributed by atoms with Crippen LogP contribution in [0, 0.1) is 11.6 Å². The van der Waals surface area contributed by atoms with Crippen LogP contribution in [0.5, 0.6) is 5.75 Å². The lowest BCUT2D eigenvalue weighted by atomic mass is 10.1. The first-order valence-corrected chi connectivity index (χ1v) is 12.4. The largest absolute Gasteiger partial charge is 0.502 e. The van der Waals surface area contributed by atoms with Crippen LogP contribution in [-0.2, 0) is 19.6 Å². The number of halogens is 2. The molecule has 38 heavy (non-hydrogen) atoms. The monoisotopic (exact) mass is 537 g/mol. The minimum absolute atomic E-state index is 0.0122. The average Bonchev–Trinajstić information content (AvgIpc) is 3.41. The minimum atomic E-state index is -1.04. The predicted octanol–water partition coefficient (Wildman–Crippen LogP) is 2.97. The maximum Gasteiger partial charge on any atom is 0.278 e. The van der Waals surface area contributed by atoms with E-state index in [2.05, 4.69) is 10.3 Å². The number of nitrogens with zero attached hydrogens (tertiary/aromatic N) is 4. The van der Waals surface area contributed by atoms with Gasteiger partial charge in [0.05, 0.1) is 18.8 Å². The van der Waals surface area contributed by atoms with Crippen LogP contribution in [0.3, 0.4) is 0 Å². The maximum absolute atomic E-state index is 14.0. The first kappa shape index (κ1) is 25.1. The molecule has 4 aromatic rings. The van der Waals surface area contributed by atoms with Crippen LogP contribution in [0.2, 0.25) is 0 Å². The Kier molecular flexibility index (Phi) is 6.88. The summed E-state index contributed by atoms with van der Waals surface area (Å²) in [5.74, 6) is -3.96. The van der Waals surface area contributed by atoms with Gasteiger partial charge in [-0.1, -0.05) is 18.2 Å². The van der Waals surface area contributed by atoms with Crippen molar-refractivity contribution < 1.29 is 23.5 Å². The number of pyridine rings is 2. The number of thiophene rings is 1. The van der Waals surface area contributed by atoms with Crippen LogP contribution in [0.25, 0.3) is 0 Å². The third-order valence-corrected chi connectivity index (χ3v) is 6.85. The van der Waals surface area contributed by atoms with Crippen LogP contribution in [-0.4, -0.2) is 38.1 Å². The standard InChI is InChI=1S/C26H21F2N5O4S/c27-17-7-6-16(21(28)10-17)11-30-25(36)20-14-33-22(24(35)23(20)34)26(37)31(13-19-5-3-9-38-19)15-32(33)12-18-4-1-2-8-29-18/h1-10,14,35H,11-13,15H2,(H,30,36). The normalized spacial score (nSPS) is 12.9. The van der Waals surface area contributed by atoms with E-state index in [4.69, 9.17) is 0 Å². The molecule has 12 heteroatoms. The van der Waals surface area contributed by atoms with Crippen molar-refractivity contribution in [3.63, 3.8) is 0 Å². The second kappa shape index (κ2) is 10.4. The lowest BCUT2D eigenvalue weighted by Gasteiger charge is -2.39. The van der Waals surface area contributed by atoms with E-state index in [1.165, 1.54) is 33.2 Å². The fraction of sp³-hybridized carbons (Fsp3) is 0.154. The van der Waals surface area contributed by atoms with Gasteiger partial charge in [0.1, 0.15) is 23.9 Å². The summed E-state index contributed by atoms with van der Waals surface area (Å²) in [6.07, 6.45) is 2.79. The van der Waals surface area contributed by atoms with Crippen molar-refractivity contribution in [2.75, 3.05) is 11.7 Å². The number of hydrogen-bond acceptors (Lipinski definition) is 7. The topological polar surface area (TPSA) is 108 Å². The Morgan fingerprint density at radius 3 is 2.66 bits per heavy atom. The second-order valence-electron chi connectivity index (χ2n) is 8.54. The van der Waals surface area contributed by atoms with Gasteiger partial charge in [0, 0.05) is 35.4 Å². The highest BCUT2D eigenvalue weighted by atomic mass is 32.1. The number of hydrogen-bond donors (Lipinski definition) is 2. The molecule has 9 nitrogen and oxygen atoms in total. The molecular weight excluding hydrogens is 516 g/mol. The molecule has 1 aliphatic heterocycles. The molecule has 0 saturated carbocycles. The van der Waals surface area contributed by atoms with Crippen LogP contribution < -0.4 is 15.8 Å². The number of rotatable bonds is 7. The van der Waals surface area contributed by atoms with Gasteiger partial charge in [-0.2, -0.15) is 0 Å².